The van der Waals surface area contributed by atoms with Gasteiger partial charge in [-0.1, -0.05) is 29.8 Å². The zero-order valence-electron chi connectivity index (χ0n) is 14.4. The zero-order chi connectivity index (χ0) is 18.5. The fourth-order valence-corrected chi connectivity index (χ4v) is 2.70. The van der Waals surface area contributed by atoms with E-state index in [9.17, 15) is 4.79 Å². The largest absolute Gasteiger partial charge is 0.493 e. The predicted molar refractivity (Wildman–Crippen MR) is 100 cm³/mol. The Morgan fingerprint density at radius 1 is 1.15 bits per heavy atom. The van der Waals surface area contributed by atoms with E-state index in [-0.39, 0.29) is 5.91 Å². The van der Waals surface area contributed by atoms with Gasteiger partial charge in [-0.2, -0.15) is 0 Å². The van der Waals surface area contributed by atoms with E-state index in [1.54, 1.807) is 37.8 Å². The van der Waals surface area contributed by atoms with Crippen LogP contribution in [-0.4, -0.2) is 29.7 Å². The normalized spacial score (nSPS) is 10.4. The van der Waals surface area contributed by atoms with Gasteiger partial charge in [-0.15, -0.1) is 0 Å². The Labute approximate surface area is 156 Å². The maximum atomic E-state index is 12.4. The number of aromatic nitrogens is 2. The molecule has 0 fully saturated rings. The van der Waals surface area contributed by atoms with Gasteiger partial charge in [0.15, 0.2) is 17.3 Å². The number of hydrogen-bond acceptors (Lipinski definition) is 4. The van der Waals surface area contributed by atoms with Gasteiger partial charge in [-0.25, -0.2) is 4.98 Å². The molecular formula is C19H18ClN3O3. The highest BCUT2D eigenvalue weighted by molar-refractivity contribution is 6.31. The summed E-state index contributed by atoms with van der Waals surface area (Å²) >= 11 is 6.17. The molecule has 1 aromatic heterocycles. The number of anilines is 1. The van der Waals surface area contributed by atoms with Crippen molar-refractivity contribution in [1.82, 2.24) is 9.55 Å². The first-order valence-electron chi connectivity index (χ1n) is 7.89. The number of benzene rings is 2. The van der Waals surface area contributed by atoms with Gasteiger partial charge in [-0.3, -0.25) is 4.79 Å². The number of rotatable bonds is 6. The van der Waals surface area contributed by atoms with Crippen molar-refractivity contribution in [2.45, 2.75) is 6.54 Å². The Hall–Kier alpha value is -2.99. The lowest BCUT2D eigenvalue weighted by Crippen LogP contribution is -2.12. The van der Waals surface area contributed by atoms with Gasteiger partial charge in [0.2, 0.25) is 0 Å². The maximum absolute atomic E-state index is 12.4. The highest BCUT2D eigenvalue weighted by Crippen LogP contribution is 2.27. The molecule has 0 atom stereocenters. The Morgan fingerprint density at radius 3 is 2.65 bits per heavy atom. The molecule has 0 aliphatic carbocycles. The molecule has 0 saturated heterocycles. The molecule has 134 valence electrons. The standard InChI is InChI=1S/C19H18ClN3O3/c1-25-16-8-7-13(9-17(16)26-2)19(24)22-18-11-23(12-21-18)10-14-5-3-4-6-15(14)20/h3-9,11-12H,10H2,1-2H3,(H,22,24). The van der Waals surface area contributed by atoms with E-state index < -0.39 is 0 Å². The molecule has 0 aliphatic heterocycles. The molecule has 0 spiro atoms. The highest BCUT2D eigenvalue weighted by Gasteiger charge is 2.12. The molecule has 1 amide bonds. The summed E-state index contributed by atoms with van der Waals surface area (Å²) < 4.78 is 12.2. The lowest BCUT2D eigenvalue weighted by atomic mass is 10.2. The smallest absolute Gasteiger partial charge is 0.256 e. The molecule has 0 aliphatic rings. The lowest BCUT2D eigenvalue weighted by molar-refractivity contribution is 0.102. The third-order valence-electron chi connectivity index (χ3n) is 3.83. The average molecular weight is 372 g/mol. The lowest BCUT2D eigenvalue weighted by Gasteiger charge is -2.09. The summed E-state index contributed by atoms with van der Waals surface area (Å²) in [5.74, 6) is 1.23. The molecular weight excluding hydrogens is 354 g/mol. The van der Waals surface area contributed by atoms with Crippen LogP contribution in [-0.2, 0) is 6.54 Å². The quantitative estimate of drug-likeness (QED) is 0.714. The molecule has 3 rings (SSSR count). The number of halogens is 1. The number of carbonyl (C=O) groups is 1. The van der Waals surface area contributed by atoms with Gasteiger partial charge >= 0.3 is 0 Å². The number of nitrogens with zero attached hydrogens (tertiary/aromatic N) is 2. The summed E-state index contributed by atoms with van der Waals surface area (Å²) in [4.78, 5) is 16.6. The van der Waals surface area contributed by atoms with E-state index in [1.807, 2.05) is 28.8 Å². The van der Waals surface area contributed by atoms with E-state index in [4.69, 9.17) is 21.1 Å². The van der Waals surface area contributed by atoms with Crippen LogP contribution >= 0.6 is 11.6 Å². The van der Waals surface area contributed by atoms with Crippen molar-refractivity contribution < 1.29 is 14.3 Å². The summed E-state index contributed by atoms with van der Waals surface area (Å²) in [5.41, 5.74) is 1.42. The van der Waals surface area contributed by atoms with E-state index in [0.29, 0.717) is 34.4 Å². The molecule has 26 heavy (non-hydrogen) atoms. The van der Waals surface area contributed by atoms with Gasteiger partial charge in [0.25, 0.3) is 5.91 Å². The summed E-state index contributed by atoms with van der Waals surface area (Å²) in [7, 11) is 3.07. The Balaban J connectivity index is 1.71. The number of imidazole rings is 1. The van der Waals surface area contributed by atoms with Gasteiger partial charge < -0.3 is 19.4 Å². The summed E-state index contributed by atoms with van der Waals surface area (Å²) in [6, 6.07) is 12.6. The molecule has 1 N–H and O–H groups in total. The van der Waals surface area contributed by atoms with Crippen LogP contribution in [0.1, 0.15) is 15.9 Å². The van der Waals surface area contributed by atoms with E-state index in [2.05, 4.69) is 10.3 Å². The minimum atomic E-state index is -0.283. The van der Waals surface area contributed by atoms with Gasteiger partial charge in [0, 0.05) is 16.8 Å². The molecule has 0 unspecified atom stereocenters. The predicted octanol–water partition coefficient (Wildman–Crippen LogP) is 3.85. The van der Waals surface area contributed by atoms with Gasteiger partial charge in [0.05, 0.1) is 27.1 Å². The first-order chi connectivity index (χ1) is 12.6. The third-order valence-corrected chi connectivity index (χ3v) is 4.20. The van der Waals surface area contributed by atoms with Crippen molar-refractivity contribution in [3.63, 3.8) is 0 Å². The Morgan fingerprint density at radius 2 is 1.92 bits per heavy atom. The second-order valence-corrected chi connectivity index (χ2v) is 5.95. The van der Waals surface area contributed by atoms with Crippen LogP contribution in [0.2, 0.25) is 5.02 Å². The van der Waals surface area contributed by atoms with Crippen LogP contribution < -0.4 is 14.8 Å². The first kappa shape index (κ1) is 17.8. The van der Waals surface area contributed by atoms with Crippen LogP contribution in [0, 0.1) is 0 Å². The maximum Gasteiger partial charge on any atom is 0.256 e. The van der Waals surface area contributed by atoms with E-state index in [1.165, 1.54) is 7.11 Å². The van der Waals surface area contributed by atoms with Crippen molar-refractivity contribution in [2.24, 2.45) is 0 Å². The van der Waals surface area contributed by atoms with Crippen molar-refractivity contribution in [3.05, 3.63) is 71.1 Å². The number of nitrogens with one attached hydrogen (secondary N) is 1. The molecule has 0 radical (unpaired) electrons. The number of carbonyl (C=O) groups excluding carboxylic acids is 1. The van der Waals surface area contributed by atoms with Gasteiger partial charge in [-0.05, 0) is 29.8 Å². The third kappa shape index (κ3) is 3.97. The van der Waals surface area contributed by atoms with Crippen LogP contribution in [0.4, 0.5) is 5.82 Å². The topological polar surface area (TPSA) is 65.4 Å². The fourth-order valence-electron chi connectivity index (χ4n) is 2.50. The SMILES string of the molecule is COc1ccc(C(=O)Nc2cn(Cc3ccccc3Cl)cn2)cc1OC. The summed E-state index contributed by atoms with van der Waals surface area (Å²) in [5, 5.41) is 3.46. The minimum Gasteiger partial charge on any atom is -0.493 e. The van der Waals surface area contributed by atoms with Crippen molar-refractivity contribution in [2.75, 3.05) is 19.5 Å². The number of amides is 1. The van der Waals surface area contributed by atoms with Gasteiger partial charge in [0.1, 0.15) is 0 Å². The minimum absolute atomic E-state index is 0.283. The highest BCUT2D eigenvalue weighted by atomic mass is 35.5. The fraction of sp³-hybridized carbons (Fsp3) is 0.158. The molecule has 3 aromatic rings. The molecule has 7 heteroatoms. The molecule has 2 aromatic carbocycles. The zero-order valence-corrected chi connectivity index (χ0v) is 15.2. The number of methoxy groups -OCH3 is 2. The molecule has 0 saturated carbocycles. The monoisotopic (exact) mass is 371 g/mol. The van der Waals surface area contributed by atoms with Crippen LogP contribution in [0.15, 0.2) is 55.0 Å². The second-order valence-electron chi connectivity index (χ2n) is 5.55. The van der Waals surface area contributed by atoms with Crippen LogP contribution in [0.3, 0.4) is 0 Å². The van der Waals surface area contributed by atoms with E-state index >= 15 is 0 Å². The van der Waals surface area contributed by atoms with Crippen molar-refractivity contribution in [1.29, 1.82) is 0 Å². The number of hydrogen-bond donors (Lipinski definition) is 1. The summed E-state index contributed by atoms with van der Waals surface area (Å²) in [6.45, 7) is 0.568. The van der Waals surface area contributed by atoms with Crippen LogP contribution in [0.25, 0.3) is 0 Å². The Bertz CT molecular complexity index is 924. The molecule has 6 nitrogen and oxygen atoms in total. The molecule has 0 bridgehead atoms. The van der Waals surface area contributed by atoms with Crippen LogP contribution in [0.5, 0.6) is 11.5 Å². The number of ether oxygens (including phenoxy) is 2. The van der Waals surface area contributed by atoms with Crippen molar-refractivity contribution >= 4 is 23.3 Å². The summed E-state index contributed by atoms with van der Waals surface area (Å²) in [6.07, 6.45) is 3.40. The van der Waals surface area contributed by atoms with Crippen molar-refractivity contribution in [3.8, 4) is 11.5 Å². The average Bonchev–Trinajstić information content (AvgIpc) is 3.09. The first-order valence-corrected chi connectivity index (χ1v) is 8.27. The Kier molecular flexibility index (Phi) is 5.43. The second kappa shape index (κ2) is 7.93. The molecule has 1 heterocycles. The van der Waals surface area contributed by atoms with E-state index in [0.717, 1.165) is 5.56 Å².